The van der Waals surface area contributed by atoms with Gasteiger partial charge in [-0.15, -0.1) is 0 Å². The van der Waals surface area contributed by atoms with Gasteiger partial charge in [-0.3, -0.25) is 9.59 Å². The lowest BCUT2D eigenvalue weighted by atomic mass is 9.91. The van der Waals surface area contributed by atoms with Crippen molar-refractivity contribution in [3.05, 3.63) is 77.7 Å². The van der Waals surface area contributed by atoms with Crippen LogP contribution in [0.5, 0.6) is 0 Å². The SMILES string of the molecule is CC[C@H](CNc1c(N[C@H](C)Cc2ccsc2)c(=O)c1=O)Cc1c(C)cccc1C.CNC.[HH].[HH]. The van der Waals surface area contributed by atoms with Gasteiger partial charge in [0, 0.05) is 15.4 Å². The van der Waals surface area contributed by atoms with E-state index in [0.717, 1.165) is 19.3 Å². The molecular weight excluding hydrogens is 418 g/mol. The molecule has 0 radical (unpaired) electrons. The zero-order valence-corrected chi connectivity index (χ0v) is 21.0. The lowest BCUT2D eigenvalue weighted by molar-refractivity contribution is 0.531. The molecule has 0 saturated heterocycles. The van der Waals surface area contributed by atoms with Crippen LogP contribution in [0.2, 0.25) is 0 Å². The number of hydrogen-bond donors (Lipinski definition) is 3. The molecule has 0 saturated carbocycles. The van der Waals surface area contributed by atoms with Crippen LogP contribution < -0.4 is 26.8 Å². The van der Waals surface area contributed by atoms with Crippen molar-refractivity contribution in [3.63, 3.8) is 0 Å². The Balaban J connectivity index is 0.00000207. The fourth-order valence-electron chi connectivity index (χ4n) is 3.82. The lowest BCUT2D eigenvalue weighted by Crippen LogP contribution is -2.40. The Labute approximate surface area is 198 Å². The minimum Gasteiger partial charge on any atom is -0.380 e. The number of benzene rings is 1. The van der Waals surface area contributed by atoms with Gasteiger partial charge < -0.3 is 16.0 Å². The second-order valence-electron chi connectivity index (χ2n) is 8.52. The van der Waals surface area contributed by atoms with Gasteiger partial charge in [0.15, 0.2) is 0 Å². The summed E-state index contributed by atoms with van der Waals surface area (Å²) in [5, 5.41) is 13.4. The molecule has 0 bridgehead atoms. The highest BCUT2D eigenvalue weighted by Crippen LogP contribution is 2.22. The molecule has 32 heavy (non-hydrogen) atoms. The lowest BCUT2D eigenvalue weighted by Gasteiger charge is -2.22. The van der Waals surface area contributed by atoms with Crippen LogP contribution in [0.3, 0.4) is 0 Å². The number of anilines is 2. The summed E-state index contributed by atoms with van der Waals surface area (Å²) in [6.45, 7) is 9.19. The largest absolute Gasteiger partial charge is 0.380 e. The van der Waals surface area contributed by atoms with Gasteiger partial charge in [0.25, 0.3) is 10.9 Å². The van der Waals surface area contributed by atoms with E-state index in [2.05, 4.69) is 66.4 Å². The van der Waals surface area contributed by atoms with E-state index in [1.54, 1.807) is 11.3 Å². The van der Waals surface area contributed by atoms with Gasteiger partial charge in [-0.1, -0.05) is 31.5 Å². The Morgan fingerprint density at radius 2 is 1.62 bits per heavy atom. The predicted octanol–water partition coefficient (Wildman–Crippen LogP) is 5.01. The summed E-state index contributed by atoms with van der Waals surface area (Å²) in [6, 6.07) is 8.56. The van der Waals surface area contributed by atoms with Crippen molar-refractivity contribution in [2.45, 2.75) is 53.0 Å². The molecule has 3 rings (SSSR count). The standard InChI is InChI=1S/C24H30N2O2S.C2H7N.2H2/c1-5-18(12-20-15(2)7-6-8-16(20)3)13-25-21-22(24(28)23(21)27)26-17(4)11-19-9-10-29-14-19;1-3-2;;/h6-10,14,17-18,25-26H,5,11-13H2,1-4H3;3H,1-2H3;2*1H/t17-,18+;;;/m1.../s1. The second-order valence-corrected chi connectivity index (χ2v) is 9.30. The predicted molar refractivity (Wildman–Crippen MR) is 144 cm³/mol. The number of nitrogens with one attached hydrogen (secondary N) is 3. The van der Waals surface area contributed by atoms with Crippen molar-refractivity contribution < 1.29 is 2.85 Å². The van der Waals surface area contributed by atoms with Gasteiger partial charge in [-0.05, 0) is 92.7 Å². The van der Waals surface area contributed by atoms with Gasteiger partial charge in [0.2, 0.25) is 0 Å². The Bertz CT molecular complexity index is 1030. The molecule has 3 N–H and O–H groups in total. The summed E-state index contributed by atoms with van der Waals surface area (Å²) in [5.41, 5.74) is 5.32. The topological polar surface area (TPSA) is 70.2 Å². The van der Waals surface area contributed by atoms with Gasteiger partial charge in [0.05, 0.1) is 0 Å². The Kier molecular flexibility index (Phi) is 10.1. The molecule has 0 fully saturated rings. The Morgan fingerprint density at radius 1 is 1.00 bits per heavy atom. The minimum atomic E-state index is -0.410. The Hall–Kier alpha value is -2.44. The number of aryl methyl sites for hydroxylation is 2. The van der Waals surface area contributed by atoms with Crippen LogP contribution in [0.4, 0.5) is 11.4 Å². The van der Waals surface area contributed by atoms with Gasteiger partial charge in [0.1, 0.15) is 11.4 Å². The number of thiophene rings is 1. The molecule has 0 amide bonds. The van der Waals surface area contributed by atoms with E-state index >= 15 is 0 Å². The highest BCUT2D eigenvalue weighted by atomic mass is 32.1. The molecule has 0 spiro atoms. The third-order valence-corrected chi connectivity index (χ3v) is 6.44. The van der Waals surface area contributed by atoms with Gasteiger partial charge >= 0.3 is 0 Å². The number of hydrogen-bond acceptors (Lipinski definition) is 6. The Morgan fingerprint density at radius 3 is 2.19 bits per heavy atom. The van der Waals surface area contributed by atoms with Crippen LogP contribution in [-0.4, -0.2) is 26.7 Å². The molecule has 3 aromatic rings. The summed E-state index contributed by atoms with van der Waals surface area (Å²) < 4.78 is 0. The first kappa shape index (κ1) is 25.8. The fraction of sp³-hybridized carbons (Fsp3) is 0.462. The zero-order valence-electron chi connectivity index (χ0n) is 20.2. The molecule has 0 unspecified atom stereocenters. The van der Waals surface area contributed by atoms with Crippen LogP contribution >= 0.6 is 11.3 Å². The molecule has 2 atom stereocenters. The first-order chi connectivity index (χ1) is 15.3. The second kappa shape index (κ2) is 12.6. The minimum absolute atomic E-state index is 0. The van der Waals surface area contributed by atoms with E-state index in [0.29, 0.717) is 23.8 Å². The molecule has 1 aromatic heterocycles. The van der Waals surface area contributed by atoms with Crippen molar-refractivity contribution in [2.75, 3.05) is 31.3 Å². The van der Waals surface area contributed by atoms with E-state index in [-0.39, 0.29) is 8.90 Å². The fourth-order valence-corrected chi connectivity index (χ4v) is 4.51. The molecule has 178 valence electrons. The van der Waals surface area contributed by atoms with Gasteiger partial charge in [-0.25, -0.2) is 0 Å². The average Bonchev–Trinajstić information content (AvgIpc) is 3.27. The van der Waals surface area contributed by atoms with E-state index < -0.39 is 10.9 Å². The van der Waals surface area contributed by atoms with E-state index in [1.165, 1.54) is 22.3 Å². The van der Waals surface area contributed by atoms with E-state index in [4.69, 9.17) is 0 Å². The average molecular weight is 460 g/mol. The first-order valence-electron chi connectivity index (χ1n) is 11.3. The third-order valence-electron chi connectivity index (χ3n) is 5.71. The first-order valence-corrected chi connectivity index (χ1v) is 12.2. The normalized spacial score (nSPS) is 12.7. The van der Waals surface area contributed by atoms with E-state index in [1.807, 2.05) is 26.4 Å². The molecule has 5 nitrogen and oxygen atoms in total. The van der Waals surface area contributed by atoms with Crippen molar-refractivity contribution in [3.8, 4) is 0 Å². The highest BCUT2D eigenvalue weighted by molar-refractivity contribution is 7.07. The summed E-state index contributed by atoms with van der Waals surface area (Å²) in [4.78, 5) is 24.2. The van der Waals surface area contributed by atoms with Crippen LogP contribution in [0.25, 0.3) is 0 Å². The van der Waals surface area contributed by atoms with Crippen LogP contribution in [0.1, 0.15) is 45.4 Å². The van der Waals surface area contributed by atoms with Crippen LogP contribution in [0, 0.1) is 19.8 Å². The molecule has 0 aliphatic carbocycles. The quantitative estimate of drug-likeness (QED) is 0.372. The number of rotatable bonds is 10. The van der Waals surface area contributed by atoms with E-state index in [9.17, 15) is 9.59 Å². The molecule has 2 aromatic carbocycles. The van der Waals surface area contributed by atoms with Crippen LogP contribution in [-0.2, 0) is 12.8 Å². The summed E-state index contributed by atoms with van der Waals surface area (Å²) in [6.07, 6.45) is 2.80. The molecular formula is C26H41N3O2S. The van der Waals surface area contributed by atoms with Crippen molar-refractivity contribution >= 4 is 22.7 Å². The molecule has 6 heteroatoms. The monoisotopic (exact) mass is 459 g/mol. The van der Waals surface area contributed by atoms with Crippen molar-refractivity contribution in [1.82, 2.24) is 5.32 Å². The maximum atomic E-state index is 12.1. The highest BCUT2D eigenvalue weighted by Gasteiger charge is 2.23. The molecule has 0 aliphatic rings. The zero-order chi connectivity index (χ0) is 23.7. The summed E-state index contributed by atoms with van der Waals surface area (Å²) >= 11 is 1.66. The summed E-state index contributed by atoms with van der Waals surface area (Å²) in [5.74, 6) is 0.398. The van der Waals surface area contributed by atoms with Crippen molar-refractivity contribution in [2.24, 2.45) is 5.92 Å². The van der Waals surface area contributed by atoms with Crippen LogP contribution in [0.15, 0.2) is 44.6 Å². The molecule has 1 heterocycles. The van der Waals surface area contributed by atoms with Crippen molar-refractivity contribution in [1.29, 1.82) is 0 Å². The van der Waals surface area contributed by atoms with Gasteiger partial charge in [-0.2, -0.15) is 11.3 Å². The summed E-state index contributed by atoms with van der Waals surface area (Å²) in [7, 11) is 3.75. The third kappa shape index (κ3) is 6.78. The maximum absolute atomic E-state index is 12.1. The smallest absolute Gasteiger partial charge is 0.253 e. The molecule has 0 aliphatic heterocycles. The maximum Gasteiger partial charge on any atom is 0.253 e.